The molecule has 0 bridgehead atoms. The number of ether oxygens (including phenoxy) is 1. The maximum absolute atomic E-state index is 12.8. The van der Waals surface area contributed by atoms with Crippen molar-refractivity contribution in [1.82, 2.24) is 9.55 Å². The average Bonchev–Trinajstić information content (AvgIpc) is 3.09. The molecule has 0 aliphatic rings. The van der Waals surface area contributed by atoms with Gasteiger partial charge in [-0.2, -0.15) is 0 Å². The van der Waals surface area contributed by atoms with Gasteiger partial charge in [0.05, 0.1) is 16.6 Å². The zero-order chi connectivity index (χ0) is 21.3. The fourth-order valence-electron chi connectivity index (χ4n) is 3.03. The van der Waals surface area contributed by atoms with Crippen LogP contribution in [0.25, 0.3) is 10.2 Å². The van der Waals surface area contributed by atoms with Crippen LogP contribution in [0.1, 0.15) is 22.2 Å². The van der Waals surface area contributed by atoms with Gasteiger partial charge in [0.2, 0.25) is 0 Å². The van der Waals surface area contributed by atoms with Gasteiger partial charge in [0.1, 0.15) is 16.3 Å². The Kier molecular flexibility index (Phi) is 5.57. The second-order valence-corrected chi connectivity index (χ2v) is 8.04. The summed E-state index contributed by atoms with van der Waals surface area (Å²) in [5.41, 5.74) is 1.15. The van der Waals surface area contributed by atoms with Gasteiger partial charge in [0.15, 0.2) is 0 Å². The van der Waals surface area contributed by atoms with Crippen molar-refractivity contribution >= 4 is 44.7 Å². The number of thiophene rings is 1. The van der Waals surface area contributed by atoms with Crippen LogP contribution in [0.3, 0.4) is 0 Å². The zero-order valence-corrected chi connectivity index (χ0v) is 17.9. The van der Waals surface area contributed by atoms with Crippen LogP contribution in [-0.2, 0) is 6.54 Å². The van der Waals surface area contributed by atoms with Crippen LogP contribution in [0.15, 0.2) is 59.7 Å². The highest BCUT2D eigenvalue weighted by atomic mass is 35.5. The van der Waals surface area contributed by atoms with E-state index in [0.29, 0.717) is 49.4 Å². The Bertz CT molecular complexity index is 1280. The summed E-state index contributed by atoms with van der Waals surface area (Å²) in [4.78, 5) is 30.7. The van der Waals surface area contributed by atoms with Gasteiger partial charge in [-0.3, -0.25) is 14.2 Å². The van der Waals surface area contributed by atoms with E-state index in [1.807, 2.05) is 6.92 Å². The molecule has 1 N–H and O–H groups in total. The third-order valence-electron chi connectivity index (χ3n) is 4.63. The van der Waals surface area contributed by atoms with Gasteiger partial charge in [-0.25, -0.2) is 4.98 Å². The number of carbonyl (C=O) groups is 1. The first kappa shape index (κ1) is 20.1. The molecule has 0 saturated heterocycles. The lowest BCUT2D eigenvalue weighted by molar-refractivity contribution is 0.103. The van der Waals surface area contributed by atoms with Crippen LogP contribution >= 0.6 is 22.9 Å². The Hall–Kier alpha value is -3.16. The number of nitrogens with zero attached hydrogens (tertiary/aromatic N) is 2. The normalized spacial score (nSPS) is 10.9. The van der Waals surface area contributed by atoms with E-state index in [0.717, 1.165) is 0 Å². The number of anilines is 1. The van der Waals surface area contributed by atoms with Gasteiger partial charge < -0.3 is 10.1 Å². The molecule has 6 nitrogen and oxygen atoms in total. The van der Waals surface area contributed by atoms with Crippen LogP contribution in [-0.4, -0.2) is 15.5 Å². The summed E-state index contributed by atoms with van der Waals surface area (Å²) in [7, 11) is 0. The first-order valence-electron chi connectivity index (χ1n) is 9.29. The van der Waals surface area contributed by atoms with Crippen LogP contribution in [0.5, 0.6) is 11.5 Å². The monoisotopic (exact) mass is 439 g/mol. The molecule has 0 saturated carbocycles. The molecule has 8 heteroatoms. The molecule has 2 aromatic carbocycles. The second-order valence-electron chi connectivity index (χ2n) is 6.61. The predicted octanol–water partition coefficient (Wildman–Crippen LogP) is 5.48. The van der Waals surface area contributed by atoms with Gasteiger partial charge in [0, 0.05) is 17.3 Å². The molecule has 30 heavy (non-hydrogen) atoms. The van der Waals surface area contributed by atoms with Crippen molar-refractivity contribution in [3.05, 3.63) is 80.7 Å². The summed E-state index contributed by atoms with van der Waals surface area (Å²) in [5, 5.41) is 4.01. The Morgan fingerprint density at radius 2 is 1.77 bits per heavy atom. The number of benzene rings is 2. The highest BCUT2D eigenvalue weighted by Crippen LogP contribution is 2.28. The average molecular weight is 440 g/mol. The highest BCUT2D eigenvalue weighted by molar-refractivity contribution is 7.20. The molecule has 0 fully saturated rings. The zero-order valence-electron chi connectivity index (χ0n) is 16.3. The van der Waals surface area contributed by atoms with Gasteiger partial charge >= 0.3 is 0 Å². The van der Waals surface area contributed by atoms with Gasteiger partial charge in [-0.15, -0.1) is 11.3 Å². The molecule has 2 heterocycles. The van der Waals surface area contributed by atoms with Crippen LogP contribution in [0.2, 0.25) is 5.02 Å². The molecule has 0 radical (unpaired) electrons. The molecule has 0 atom stereocenters. The first-order chi connectivity index (χ1) is 14.5. The summed E-state index contributed by atoms with van der Waals surface area (Å²) in [6.45, 7) is 4.19. The van der Waals surface area contributed by atoms with Crippen molar-refractivity contribution < 1.29 is 9.53 Å². The maximum atomic E-state index is 12.8. The number of amides is 1. The van der Waals surface area contributed by atoms with Crippen molar-refractivity contribution in [1.29, 1.82) is 0 Å². The van der Waals surface area contributed by atoms with E-state index >= 15 is 0 Å². The minimum Gasteiger partial charge on any atom is -0.457 e. The largest absolute Gasteiger partial charge is 0.457 e. The van der Waals surface area contributed by atoms with Crippen molar-refractivity contribution in [2.75, 3.05) is 5.32 Å². The number of rotatable bonds is 5. The number of halogens is 1. The van der Waals surface area contributed by atoms with E-state index in [1.54, 1.807) is 55.5 Å². The third-order valence-corrected chi connectivity index (χ3v) is 6.08. The summed E-state index contributed by atoms with van der Waals surface area (Å²) < 4.78 is 7.29. The van der Waals surface area contributed by atoms with E-state index in [1.165, 1.54) is 22.2 Å². The lowest BCUT2D eigenvalue weighted by Gasteiger charge is -2.08. The number of carbonyl (C=O) groups excluding carboxylic acids is 1. The standard InChI is InChI=1S/C22H18ClN3O3S/c1-3-26-12-24-21-18(22(26)28)13(2)19(30-21)20(27)25-15-6-10-17(11-7-15)29-16-8-4-14(23)5-9-16/h4-12H,3H2,1-2H3,(H,25,27). The Labute approximate surface area is 181 Å². The van der Waals surface area contributed by atoms with Crippen molar-refractivity contribution in [3.63, 3.8) is 0 Å². The number of aryl methyl sites for hydroxylation is 2. The van der Waals surface area contributed by atoms with E-state index in [4.69, 9.17) is 16.3 Å². The molecule has 0 aliphatic heterocycles. The molecule has 1 amide bonds. The van der Waals surface area contributed by atoms with Crippen molar-refractivity contribution in [2.24, 2.45) is 0 Å². The van der Waals surface area contributed by atoms with E-state index in [2.05, 4.69) is 10.3 Å². The predicted molar refractivity (Wildman–Crippen MR) is 120 cm³/mol. The fourth-order valence-corrected chi connectivity index (χ4v) is 4.19. The molecule has 0 spiro atoms. The van der Waals surface area contributed by atoms with Crippen molar-refractivity contribution in [2.45, 2.75) is 20.4 Å². The second kappa shape index (κ2) is 8.30. The molecule has 4 rings (SSSR count). The Morgan fingerprint density at radius 1 is 1.13 bits per heavy atom. The number of hydrogen-bond donors (Lipinski definition) is 1. The molecule has 0 unspecified atom stereocenters. The molecular formula is C22H18ClN3O3S. The molecule has 4 aromatic rings. The van der Waals surface area contributed by atoms with E-state index in [9.17, 15) is 9.59 Å². The smallest absolute Gasteiger partial charge is 0.266 e. The topological polar surface area (TPSA) is 73.2 Å². The SMILES string of the molecule is CCn1cnc2sc(C(=O)Nc3ccc(Oc4ccc(Cl)cc4)cc3)c(C)c2c1=O. The number of hydrogen-bond acceptors (Lipinski definition) is 5. The van der Waals surface area contributed by atoms with Gasteiger partial charge in [-0.05, 0) is 67.9 Å². The number of aromatic nitrogens is 2. The summed E-state index contributed by atoms with van der Waals surface area (Å²) in [6, 6.07) is 14.1. The van der Waals surface area contributed by atoms with E-state index < -0.39 is 0 Å². The third kappa shape index (κ3) is 3.94. The molecule has 2 aromatic heterocycles. The molecule has 0 aliphatic carbocycles. The maximum Gasteiger partial charge on any atom is 0.266 e. The fraction of sp³-hybridized carbons (Fsp3) is 0.136. The van der Waals surface area contributed by atoms with E-state index in [-0.39, 0.29) is 11.5 Å². The van der Waals surface area contributed by atoms with Crippen molar-refractivity contribution in [3.8, 4) is 11.5 Å². The Balaban J connectivity index is 1.52. The lowest BCUT2D eigenvalue weighted by atomic mass is 10.2. The quantitative estimate of drug-likeness (QED) is 0.446. The molecular weight excluding hydrogens is 422 g/mol. The lowest BCUT2D eigenvalue weighted by Crippen LogP contribution is -2.19. The first-order valence-corrected chi connectivity index (χ1v) is 10.5. The summed E-state index contributed by atoms with van der Waals surface area (Å²) in [5.74, 6) is 1.03. The number of fused-ring (bicyclic) bond motifs is 1. The summed E-state index contributed by atoms with van der Waals surface area (Å²) in [6.07, 6.45) is 1.52. The minimum atomic E-state index is -0.274. The van der Waals surface area contributed by atoms with Gasteiger partial charge in [-0.1, -0.05) is 11.6 Å². The van der Waals surface area contributed by atoms with Crippen LogP contribution in [0, 0.1) is 6.92 Å². The highest BCUT2D eigenvalue weighted by Gasteiger charge is 2.19. The number of nitrogens with one attached hydrogen (secondary N) is 1. The Morgan fingerprint density at radius 3 is 2.40 bits per heavy atom. The summed E-state index contributed by atoms with van der Waals surface area (Å²) >= 11 is 7.10. The van der Waals surface area contributed by atoms with Gasteiger partial charge in [0.25, 0.3) is 11.5 Å². The van der Waals surface area contributed by atoms with Crippen LogP contribution < -0.4 is 15.6 Å². The van der Waals surface area contributed by atoms with Crippen LogP contribution in [0.4, 0.5) is 5.69 Å². The minimum absolute atomic E-state index is 0.126. The molecule has 152 valence electrons.